The molecule has 8 aromatic carbocycles. The largest absolute Gasteiger partial charge is 0.497 e. The lowest BCUT2D eigenvalue weighted by Gasteiger charge is -2.23. The fourth-order valence-corrected chi connectivity index (χ4v) is 20.1. The number of thioether (sulfide) groups is 2. The first-order chi connectivity index (χ1) is 69.1. The molecule has 33 heteroatoms. The average molecular weight is 1970 g/mol. The van der Waals surface area contributed by atoms with Crippen molar-refractivity contribution in [3.8, 4) is 11.5 Å². The number of azide groups is 3. The number of carbonyl (C=O) groups is 2. The molecular weight excluding hydrogens is 1820 g/mol. The SMILES string of the molecule is C.C1CCNCC1.C=CC(=O)N1CCSc2ccc(OC)cc2C1.CCCC(=O)N1CCSc2ccc(OC)cc2C1.Nc1ccc(CC2CCNCC2)c(N)c1.Nc1ccc(CC2CCNCC2)cc1.[N-]=[N+]=Nc1ccc(CC2CCNCC2)c(N=[N+]=[N-])c1.[N-]=[N+]=Nc1ccc(CC2CCNCC2)cc1.c1ccc(Cc2nnc(C3CCCCN3)o2)cc1.c1ccc(Cc2nnc([C@@H]3CCCCN3)o2)cc1. The van der Waals surface area contributed by atoms with Gasteiger partial charge < -0.3 is 82.5 Å². The molecule has 142 heavy (non-hydrogen) atoms. The molecule has 2 amide bonds. The van der Waals surface area contributed by atoms with Crippen LogP contribution in [-0.4, -0.2) is 159 Å². The quantitative estimate of drug-likeness (QED) is 0.00990. The third kappa shape index (κ3) is 40.5. The van der Waals surface area contributed by atoms with Gasteiger partial charge in [0, 0.05) is 103 Å². The number of ether oxygens (including phenoxy) is 2. The molecule has 0 saturated carbocycles. The molecule has 0 aliphatic carbocycles. The van der Waals surface area contributed by atoms with E-state index in [0.717, 1.165) is 198 Å². The number of nitrogen functional groups attached to an aromatic ring is 3. The van der Waals surface area contributed by atoms with Crippen molar-refractivity contribution in [2.24, 2.45) is 39.0 Å². The minimum Gasteiger partial charge on any atom is -0.497 e. The van der Waals surface area contributed by atoms with E-state index in [9.17, 15) is 9.59 Å². The second-order valence-corrected chi connectivity index (χ2v) is 39.0. The summed E-state index contributed by atoms with van der Waals surface area (Å²) in [6.45, 7) is 22.1. The highest BCUT2D eigenvalue weighted by molar-refractivity contribution is 7.99. The molecule has 1 unspecified atom stereocenters. The number of benzene rings is 8. The zero-order chi connectivity index (χ0) is 99.1. The Balaban J connectivity index is 0.000000165. The van der Waals surface area contributed by atoms with Gasteiger partial charge in [0.1, 0.15) is 11.5 Å². The van der Waals surface area contributed by atoms with Crippen LogP contribution in [-0.2, 0) is 61.2 Å². The van der Waals surface area contributed by atoms with Crippen molar-refractivity contribution in [2.45, 2.75) is 210 Å². The molecule has 19 rings (SSSR count). The first kappa shape index (κ1) is 112. The van der Waals surface area contributed by atoms with Gasteiger partial charge in [0.2, 0.25) is 35.4 Å². The molecule has 10 aromatic rings. The number of carbonyl (C=O) groups excluding carboxylic acids is 2. The Bertz CT molecular complexity index is 5360. The van der Waals surface area contributed by atoms with Crippen LogP contribution < -0.4 is 63.9 Å². The number of hydrogen-bond acceptors (Lipinski definition) is 25. The summed E-state index contributed by atoms with van der Waals surface area (Å²) in [4.78, 5) is 38.3. The van der Waals surface area contributed by atoms with E-state index in [1.807, 2.05) is 132 Å². The molecule has 0 radical (unpaired) electrons. The number of nitrogens with one attached hydrogen (secondary N) is 7. The monoisotopic (exact) mass is 1970 g/mol. The Morgan fingerprint density at radius 2 is 0.880 bits per heavy atom. The van der Waals surface area contributed by atoms with Crippen LogP contribution in [0.4, 0.5) is 34.1 Å². The zero-order valence-corrected chi connectivity index (χ0v) is 84.3. The van der Waals surface area contributed by atoms with Gasteiger partial charge in [-0.15, -0.1) is 43.9 Å². The van der Waals surface area contributed by atoms with E-state index in [-0.39, 0.29) is 31.3 Å². The van der Waals surface area contributed by atoms with Crippen molar-refractivity contribution < 1.29 is 27.9 Å². The van der Waals surface area contributed by atoms with E-state index in [1.165, 1.54) is 165 Å². The Morgan fingerprint density at radius 3 is 1.31 bits per heavy atom. The topological polar surface area (TPSA) is 445 Å². The number of hydrogen-bond donors (Lipinski definition) is 10. The second kappa shape index (κ2) is 64.6. The van der Waals surface area contributed by atoms with Crippen molar-refractivity contribution in [1.82, 2.24) is 67.4 Å². The van der Waals surface area contributed by atoms with E-state index < -0.39 is 0 Å². The fourth-order valence-electron chi connectivity index (χ4n) is 18.1. The second-order valence-electron chi connectivity index (χ2n) is 36.7. The van der Waals surface area contributed by atoms with Crippen molar-refractivity contribution in [3.63, 3.8) is 0 Å². The van der Waals surface area contributed by atoms with Gasteiger partial charge in [0.25, 0.3) is 0 Å². The molecule has 9 aliphatic rings. The van der Waals surface area contributed by atoms with E-state index >= 15 is 0 Å². The number of rotatable bonds is 22. The zero-order valence-electron chi connectivity index (χ0n) is 82.7. The maximum absolute atomic E-state index is 12.0. The number of methoxy groups -OCH3 is 2. The summed E-state index contributed by atoms with van der Waals surface area (Å²) in [5.41, 5.74) is 56.5. The lowest BCUT2D eigenvalue weighted by Crippen LogP contribution is -2.31. The fraction of sp³-hybridized carbons (Fsp3) is 0.486. The van der Waals surface area contributed by atoms with Gasteiger partial charge in [-0.25, -0.2) is 0 Å². The summed E-state index contributed by atoms with van der Waals surface area (Å²) in [5, 5.41) is 50.9. The lowest BCUT2D eigenvalue weighted by molar-refractivity contribution is -0.131. The summed E-state index contributed by atoms with van der Waals surface area (Å²) in [5.74, 6) is 9.73. The van der Waals surface area contributed by atoms with Gasteiger partial charge in [-0.1, -0.05) is 171 Å². The Kier molecular flexibility index (Phi) is 50.9. The van der Waals surface area contributed by atoms with Gasteiger partial charge in [-0.3, -0.25) is 9.59 Å². The molecule has 0 bridgehead atoms. The average Bonchev–Trinajstić information content (AvgIpc) is 1.65. The van der Waals surface area contributed by atoms with Crippen molar-refractivity contribution in [1.29, 1.82) is 0 Å². The number of anilines is 3. The number of aromatic nitrogens is 4. The molecule has 2 atom stereocenters. The summed E-state index contributed by atoms with van der Waals surface area (Å²) < 4.78 is 21.9. The first-order valence-electron chi connectivity index (χ1n) is 50.5. The minimum atomic E-state index is -0.0127. The van der Waals surface area contributed by atoms with Gasteiger partial charge >= 0.3 is 0 Å². The van der Waals surface area contributed by atoms with E-state index in [2.05, 4.69) is 161 Å². The molecule has 0 spiro atoms. The predicted molar refractivity (Wildman–Crippen MR) is 576 cm³/mol. The summed E-state index contributed by atoms with van der Waals surface area (Å²) in [6.07, 6.45) is 29.9. The predicted octanol–water partition coefficient (Wildman–Crippen LogP) is 22.1. The van der Waals surface area contributed by atoms with Crippen LogP contribution in [0.3, 0.4) is 0 Å². The molecule has 31 nitrogen and oxygen atoms in total. The van der Waals surface area contributed by atoms with Gasteiger partial charge in [-0.05, 0) is 358 Å². The Morgan fingerprint density at radius 1 is 0.458 bits per heavy atom. The minimum absolute atomic E-state index is 0. The van der Waals surface area contributed by atoms with E-state index in [4.69, 9.17) is 52.1 Å². The number of amides is 2. The van der Waals surface area contributed by atoms with Crippen LogP contribution in [0.15, 0.2) is 229 Å². The molecule has 11 heterocycles. The molecule has 7 saturated heterocycles. The first-order valence-corrected chi connectivity index (χ1v) is 52.5. The third-order valence-corrected chi connectivity index (χ3v) is 28.3. The molecule has 760 valence electrons. The summed E-state index contributed by atoms with van der Waals surface area (Å²) >= 11 is 3.60. The lowest BCUT2D eigenvalue weighted by atomic mass is 9.90. The summed E-state index contributed by atoms with van der Waals surface area (Å²) in [6, 6.07) is 60.3. The highest BCUT2D eigenvalue weighted by atomic mass is 32.2. The molecule has 13 N–H and O–H groups in total. The number of nitrogens with two attached hydrogens (primary N) is 3. The smallest absolute Gasteiger partial charge is 0.246 e. The third-order valence-electron chi connectivity index (χ3n) is 26.1. The van der Waals surface area contributed by atoms with Crippen LogP contribution in [0.5, 0.6) is 11.5 Å². The van der Waals surface area contributed by atoms with E-state index in [0.29, 0.717) is 67.1 Å². The Labute approximate surface area is 848 Å². The van der Waals surface area contributed by atoms with Crippen molar-refractivity contribution in [2.75, 3.05) is 135 Å². The summed E-state index contributed by atoms with van der Waals surface area (Å²) in [7, 11) is 3.32. The maximum Gasteiger partial charge on any atom is 0.246 e. The number of fused-ring (bicyclic) bond motifs is 2. The highest BCUT2D eigenvalue weighted by Gasteiger charge is 2.26. The molecule has 7 fully saturated rings. The van der Waals surface area contributed by atoms with Gasteiger partial charge in [-0.2, -0.15) is 0 Å². The standard InChI is InChI=1S/2C14H17N3O.C14H19NO2S.C13H15NO2S.C12H15N7.C12H16N4.C12H19N3.C12H18N2.C5H11N.CH4/c2*1-2-6-11(7-3-1)10-13-16-17-14(18-13)12-8-4-5-9-15-12;1-3-4-14(16)15-7-8-18-13-6-5-12(17-2)9-11(13)10-15;1-3-13(15)14-6-7-17-12-5-4-11(16-2)8-10(12)9-14;13-18-16-11-2-1-10(12(8-11)17-19-14)7-9-3-5-15-6-4-9;13-16-15-12-3-1-10(2-4-12)9-11-5-7-14-8-6-11;13-11-2-1-10(12(14)8-11)7-9-3-5-15-6-4-9;13-12-3-1-10(2-4-12)9-11-5-7-14-8-6-11;1-2-4-6-5-3-1;/h2*1-3,6-7,12,15H,4-5,8-10H2;5-6,9H,3-4,7-8,10H2,1-2H3;3-5,8H,1,6-7,9H2,2H3;1-2,8-9,15H,3-7H2;1-4,11,14H,5-9H2;1-2,8-9,15H,3-7,13-14H2;1-4,11,14H,5-9,13H2;6H,1-5H2;1H4/t12-;;;;;;;;;/m0........./s1. The van der Waals surface area contributed by atoms with Gasteiger partial charge in [0.15, 0.2) is 0 Å². The molecular formula is C109H151N25O6S2. The Hall–Kier alpha value is -11.9. The van der Waals surface area contributed by atoms with Crippen LogP contribution >= 0.6 is 23.5 Å². The number of piperidine rings is 7. The van der Waals surface area contributed by atoms with Crippen LogP contribution in [0.2, 0.25) is 0 Å². The highest BCUT2D eigenvalue weighted by Crippen LogP contribution is 2.36. The van der Waals surface area contributed by atoms with E-state index in [1.54, 1.807) is 38.1 Å². The normalized spacial score (nSPS) is 17.3. The van der Waals surface area contributed by atoms with Crippen LogP contribution in [0, 0.1) is 23.7 Å². The van der Waals surface area contributed by atoms with Crippen LogP contribution in [0.25, 0.3) is 31.3 Å². The molecule has 2 aromatic heterocycles. The maximum atomic E-state index is 12.0. The van der Waals surface area contributed by atoms with Gasteiger partial charge in [0.05, 0.1) is 39.1 Å². The van der Waals surface area contributed by atoms with Crippen LogP contribution in [0.1, 0.15) is 217 Å². The van der Waals surface area contributed by atoms with Crippen molar-refractivity contribution >= 4 is 69.5 Å². The van der Waals surface area contributed by atoms with Crippen molar-refractivity contribution in [3.05, 3.63) is 294 Å². The molecule has 9 aliphatic heterocycles. The number of nitrogens with zero attached hydrogens (tertiary/aromatic N) is 15.